The van der Waals surface area contributed by atoms with Gasteiger partial charge >= 0.3 is 6.09 Å². The van der Waals surface area contributed by atoms with Crippen molar-refractivity contribution in [3.63, 3.8) is 0 Å². The van der Waals surface area contributed by atoms with Crippen molar-refractivity contribution >= 4 is 52.8 Å². The third-order valence-corrected chi connectivity index (χ3v) is 10.6. The first-order chi connectivity index (χ1) is 23.4. The molecule has 2 aromatic rings. The average molecular weight is 714 g/mol. The van der Waals surface area contributed by atoms with Crippen LogP contribution in [0.4, 0.5) is 4.79 Å². The normalized spacial score (nSPS) is 20.0. The molecule has 5 rings (SSSR count). The molecule has 3 unspecified atom stereocenters. The third kappa shape index (κ3) is 9.75. The monoisotopic (exact) mass is 712 g/mol. The van der Waals surface area contributed by atoms with E-state index in [4.69, 9.17) is 27.9 Å². The molecule has 0 aromatic heterocycles. The Morgan fingerprint density at radius 1 is 0.898 bits per heavy atom. The van der Waals surface area contributed by atoms with Crippen LogP contribution in [0.1, 0.15) is 95.3 Å². The molecule has 1 aliphatic heterocycles. The molecular weight excluding hydrogens is 667 g/mol. The molecule has 2 aromatic carbocycles. The average Bonchev–Trinajstić information content (AvgIpc) is 3.81. The molecule has 0 spiro atoms. The molecule has 0 bridgehead atoms. The maximum absolute atomic E-state index is 14.0. The van der Waals surface area contributed by atoms with Crippen LogP contribution < -0.4 is 21.3 Å². The lowest BCUT2D eigenvalue weighted by atomic mass is 9.76. The topological polar surface area (TPSA) is 143 Å². The van der Waals surface area contributed by atoms with Gasteiger partial charge in [-0.25, -0.2) is 4.79 Å². The van der Waals surface area contributed by atoms with Crippen LogP contribution >= 0.6 is 23.2 Å². The number of ketones is 1. The van der Waals surface area contributed by atoms with Gasteiger partial charge in [-0.1, -0.05) is 99.5 Å². The predicted molar refractivity (Wildman–Crippen MR) is 187 cm³/mol. The third-order valence-electron chi connectivity index (χ3n) is 9.99. The van der Waals surface area contributed by atoms with Crippen LogP contribution in [-0.4, -0.2) is 54.3 Å². The van der Waals surface area contributed by atoms with Gasteiger partial charge in [0.05, 0.1) is 6.04 Å². The van der Waals surface area contributed by atoms with Crippen molar-refractivity contribution in [2.45, 2.75) is 108 Å². The molecule has 10 nitrogen and oxygen atoms in total. The smallest absolute Gasteiger partial charge is 0.408 e. The molecule has 1 saturated heterocycles. The van der Waals surface area contributed by atoms with Crippen molar-refractivity contribution in [2.75, 3.05) is 6.54 Å². The van der Waals surface area contributed by atoms with Gasteiger partial charge in [-0.2, -0.15) is 0 Å². The van der Waals surface area contributed by atoms with Crippen molar-refractivity contribution in [1.82, 2.24) is 21.3 Å². The van der Waals surface area contributed by atoms with Gasteiger partial charge in [-0.3, -0.25) is 19.2 Å². The molecule has 3 aliphatic rings. The Morgan fingerprint density at radius 3 is 2.29 bits per heavy atom. The summed E-state index contributed by atoms with van der Waals surface area (Å²) in [5, 5.41) is 11.9. The van der Waals surface area contributed by atoms with Gasteiger partial charge in [0.25, 0.3) is 5.91 Å². The minimum absolute atomic E-state index is 0.0164. The summed E-state index contributed by atoms with van der Waals surface area (Å²) in [5.41, 5.74) is 0.596. The zero-order valence-corrected chi connectivity index (χ0v) is 29.6. The fourth-order valence-corrected chi connectivity index (χ4v) is 7.32. The van der Waals surface area contributed by atoms with Gasteiger partial charge < -0.3 is 26.0 Å². The van der Waals surface area contributed by atoms with Crippen LogP contribution in [0.2, 0.25) is 10.0 Å². The SMILES string of the molecule is CC(C)(c1cccc(Cl)c1)C(OC(=O)NC(CC1CCCCC1)C(=O)NC(C[C@@H]1CCNC1=O)C(=O)C(=O)NC1CC1)c1ccccc1Cl. The number of Topliss-reactive ketones (excluding diaryl/α,β-unsaturated/α-hetero) is 1. The van der Waals surface area contributed by atoms with Gasteiger partial charge in [0.2, 0.25) is 17.6 Å². The maximum atomic E-state index is 14.0. The van der Waals surface area contributed by atoms with E-state index in [-0.39, 0.29) is 24.3 Å². The summed E-state index contributed by atoms with van der Waals surface area (Å²) < 4.78 is 6.17. The molecule has 49 heavy (non-hydrogen) atoms. The minimum Gasteiger partial charge on any atom is -0.440 e. The van der Waals surface area contributed by atoms with Gasteiger partial charge in [0, 0.05) is 39.5 Å². The Kier molecular flexibility index (Phi) is 12.3. The summed E-state index contributed by atoms with van der Waals surface area (Å²) in [6.07, 6.45) is 5.63. The fourth-order valence-electron chi connectivity index (χ4n) is 6.90. The van der Waals surface area contributed by atoms with Gasteiger partial charge in [0.15, 0.2) is 0 Å². The van der Waals surface area contributed by atoms with Crippen molar-refractivity contribution in [3.05, 3.63) is 69.7 Å². The first-order valence-electron chi connectivity index (χ1n) is 17.3. The first kappa shape index (κ1) is 36.6. The zero-order chi connectivity index (χ0) is 35.1. The number of hydrogen-bond donors (Lipinski definition) is 4. The summed E-state index contributed by atoms with van der Waals surface area (Å²) in [6.45, 7) is 4.31. The zero-order valence-electron chi connectivity index (χ0n) is 28.1. The van der Waals surface area contributed by atoms with E-state index >= 15 is 0 Å². The minimum atomic E-state index is -1.23. The number of rotatable bonds is 14. The number of amides is 4. The second-order valence-corrected chi connectivity index (χ2v) is 15.0. The van der Waals surface area contributed by atoms with Crippen molar-refractivity contribution in [2.24, 2.45) is 11.8 Å². The van der Waals surface area contributed by atoms with E-state index in [0.29, 0.717) is 35.0 Å². The molecular formula is C37H46Cl2N4O6. The molecule has 4 N–H and O–H groups in total. The molecule has 12 heteroatoms. The number of alkyl carbamates (subject to hydrolysis) is 1. The van der Waals surface area contributed by atoms with E-state index in [1.807, 2.05) is 38.1 Å². The molecule has 3 fully saturated rings. The molecule has 2 saturated carbocycles. The quantitative estimate of drug-likeness (QED) is 0.179. The highest BCUT2D eigenvalue weighted by molar-refractivity contribution is 6.38. The van der Waals surface area contributed by atoms with Gasteiger partial charge in [-0.05, 0) is 61.8 Å². The Morgan fingerprint density at radius 2 is 1.63 bits per heavy atom. The molecule has 2 aliphatic carbocycles. The van der Waals surface area contributed by atoms with E-state index in [2.05, 4.69) is 21.3 Å². The highest BCUT2D eigenvalue weighted by Crippen LogP contribution is 2.42. The second-order valence-electron chi connectivity index (χ2n) is 14.2. The number of halogens is 2. The fraction of sp³-hybridized carbons (Fsp3) is 0.541. The number of carbonyl (C=O) groups excluding carboxylic acids is 5. The van der Waals surface area contributed by atoms with E-state index < -0.39 is 53.2 Å². The molecule has 4 atom stereocenters. The lowest BCUT2D eigenvalue weighted by molar-refractivity contribution is -0.141. The Bertz CT molecular complexity index is 1540. The first-order valence-corrected chi connectivity index (χ1v) is 18.1. The van der Waals surface area contributed by atoms with E-state index in [1.165, 1.54) is 0 Å². The van der Waals surface area contributed by atoms with E-state index in [0.717, 1.165) is 50.5 Å². The van der Waals surface area contributed by atoms with Crippen molar-refractivity contribution in [1.29, 1.82) is 0 Å². The number of ether oxygens (including phenoxy) is 1. The number of benzene rings is 2. The summed E-state index contributed by atoms with van der Waals surface area (Å²) in [7, 11) is 0. The summed E-state index contributed by atoms with van der Waals surface area (Å²) in [6, 6.07) is 12.1. The Hall–Kier alpha value is -3.63. The van der Waals surface area contributed by atoms with Crippen LogP contribution in [0, 0.1) is 11.8 Å². The Labute approximate surface area is 297 Å². The maximum Gasteiger partial charge on any atom is 0.408 e. The van der Waals surface area contributed by atoms with E-state index in [9.17, 15) is 24.0 Å². The number of carbonyl (C=O) groups is 5. The van der Waals surface area contributed by atoms with Crippen LogP contribution in [0.25, 0.3) is 0 Å². The highest BCUT2D eigenvalue weighted by Gasteiger charge is 2.40. The van der Waals surface area contributed by atoms with Crippen LogP contribution in [0.3, 0.4) is 0 Å². The summed E-state index contributed by atoms with van der Waals surface area (Å²) >= 11 is 13.0. The van der Waals surface area contributed by atoms with Crippen molar-refractivity contribution in [3.8, 4) is 0 Å². The molecule has 1 heterocycles. The van der Waals surface area contributed by atoms with Crippen LogP contribution in [-0.2, 0) is 29.3 Å². The lowest BCUT2D eigenvalue weighted by Crippen LogP contribution is -2.55. The largest absolute Gasteiger partial charge is 0.440 e. The second kappa shape index (κ2) is 16.4. The van der Waals surface area contributed by atoms with Crippen molar-refractivity contribution < 1.29 is 28.7 Å². The summed E-state index contributed by atoms with van der Waals surface area (Å²) in [5.74, 6) is -2.78. The van der Waals surface area contributed by atoms with E-state index in [1.54, 1.807) is 24.3 Å². The van der Waals surface area contributed by atoms with Gasteiger partial charge in [0.1, 0.15) is 12.1 Å². The van der Waals surface area contributed by atoms with Crippen LogP contribution in [0.15, 0.2) is 48.5 Å². The number of nitrogens with one attached hydrogen (secondary N) is 4. The molecule has 4 amide bonds. The lowest BCUT2D eigenvalue weighted by Gasteiger charge is -2.36. The standard InChI is InChI=1S/C37H46Cl2N4O6/c1-37(2,24-11-8-12-25(38)21-24)32(27-13-6-7-14-28(27)39)49-36(48)43-30(19-22-9-4-3-5-10-22)34(46)42-29(20-23-17-18-40-33(23)45)31(44)35(47)41-26-15-16-26/h6-8,11-14,21-23,26,29-30,32H,3-5,9-10,15-20H2,1-2H3,(H,40,45)(H,41,47)(H,42,46)(H,43,48)/t23-,29?,30?,32?/m0/s1. The Balaban J connectivity index is 1.38. The highest BCUT2D eigenvalue weighted by atomic mass is 35.5. The van der Waals surface area contributed by atoms with Crippen LogP contribution in [0.5, 0.6) is 0 Å². The number of hydrogen-bond acceptors (Lipinski definition) is 6. The summed E-state index contributed by atoms with van der Waals surface area (Å²) in [4.78, 5) is 66.5. The van der Waals surface area contributed by atoms with Gasteiger partial charge in [-0.15, -0.1) is 0 Å². The molecule has 264 valence electrons. The predicted octanol–water partition coefficient (Wildman–Crippen LogP) is 5.94. The molecule has 0 radical (unpaired) electrons.